The van der Waals surface area contributed by atoms with Crippen LogP contribution in [0, 0.1) is 0 Å². The molecule has 9 aromatic rings. The van der Waals surface area contributed by atoms with E-state index in [0.29, 0.717) is 0 Å². The minimum absolute atomic E-state index is 0.104. The molecule has 0 atom stereocenters. The first-order chi connectivity index (χ1) is 27.3. The second-order valence-electron chi connectivity index (χ2n) is 16.5. The summed E-state index contributed by atoms with van der Waals surface area (Å²) in [6.07, 6.45) is 0. The number of fused-ring (bicyclic) bond motifs is 8. The Morgan fingerprint density at radius 1 is 0.357 bits per heavy atom. The van der Waals surface area contributed by atoms with E-state index in [4.69, 9.17) is 9.97 Å². The maximum atomic E-state index is 5.34. The summed E-state index contributed by atoms with van der Waals surface area (Å²) in [5.41, 5.74) is 18.0. The second kappa shape index (κ2) is 11.9. The summed E-state index contributed by atoms with van der Waals surface area (Å²) in [4.78, 5) is 10.7. The van der Waals surface area contributed by atoms with Gasteiger partial charge < -0.3 is 0 Å². The first kappa shape index (κ1) is 32.8. The van der Waals surface area contributed by atoms with Crippen molar-refractivity contribution < 1.29 is 0 Å². The van der Waals surface area contributed by atoms with Crippen molar-refractivity contribution in [1.82, 2.24) is 9.97 Å². The number of nitrogens with zero attached hydrogens (tertiary/aromatic N) is 2. The fourth-order valence-corrected chi connectivity index (χ4v) is 9.95. The predicted molar refractivity (Wildman–Crippen MR) is 234 cm³/mol. The Labute approximate surface area is 328 Å². The van der Waals surface area contributed by atoms with Crippen molar-refractivity contribution in [3.05, 3.63) is 192 Å². The van der Waals surface area contributed by atoms with Crippen LogP contribution in [0.3, 0.4) is 0 Å². The summed E-state index contributed by atoms with van der Waals surface area (Å²) in [6.45, 7) is 9.44. The van der Waals surface area contributed by atoms with Crippen LogP contribution in [0.1, 0.15) is 49.9 Å². The molecule has 8 aromatic carbocycles. The van der Waals surface area contributed by atoms with Gasteiger partial charge in [-0.15, -0.1) is 0 Å². The van der Waals surface area contributed by atoms with Crippen LogP contribution >= 0.6 is 0 Å². The van der Waals surface area contributed by atoms with Gasteiger partial charge in [0.15, 0.2) is 5.82 Å². The first-order valence-corrected chi connectivity index (χ1v) is 19.7. The molecular weight excluding hydrogens is 677 g/mol. The summed E-state index contributed by atoms with van der Waals surface area (Å²) in [6, 6.07) is 62.0. The van der Waals surface area contributed by atoms with Crippen LogP contribution in [-0.2, 0) is 10.8 Å². The normalized spacial score (nSPS) is 14.4. The molecule has 11 rings (SSSR count). The van der Waals surface area contributed by atoms with Gasteiger partial charge in [-0.1, -0.05) is 179 Å². The third kappa shape index (κ3) is 4.69. The molecule has 2 nitrogen and oxygen atoms in total. The molecule has 0 radical (unpaired) electrons. The molecule has 1 heterocycles. The zero-order valence-electron chi connectivity index (χ0n) is 32.1. The number of rotatable bonds is 4. The van der Waals surface area contributed by atoms with E-state index >= 15 is 0 Å². The van der Waals surface area contributed by atoms with E-state index in [2.05, 4.69) is 191 Å². The van der Waals surface area contributed by atoms with Gasteiger partial charge >= 0.3 is 0 Å². The molecule has 1 aromatic heterocycles. The van der Waals surface area contributed by atoms with Crippen molar-refractivity contribution in [2.45, 2.75) is 38.5 Å². The van der Waals surface area contributed by atoms with Crippen LogP contribution in [-0.4, -0.2) is 9.97 Å². The minimum Gasteiger partial charge on any atom is -0.228 e. The number of aromatic nitrogens is 2. The van der Waals surface area contributed by atoms with Gasteiger partial charge in [0.25, 0.3) is 0 Å². The average molecular weight is 717 g/mol. The zero-order valence-corrected chi connectivity index (χ0v) is 32.1. The van der Waals surface area contributed by atoms with Crippen molar-refractivity contribution in [3.63, 3.8) is 0 Å². The molecule has 0 saturated carbocycles. The lowest BCUT2D eigenvalue weighted by atomic mass is 9.78. The summed E-state index contributed by atoms with van der Waals surface area (Å²) in [5, 5.41) is 4.96. The first-order valence-electron chi connectivity index (χ1n) is 19.7. The molecule has 0 bridgehead atoms. The molecule has 266 valence electrons. The molecule has 0 spiro atoms. The maximum absolute atomic E-state index is 5.34. The molecule has 0 unspecified atom stereocenters. The molecule has 2 aliphatic rings. The molecule has 2 heteroatoms. The smallest absolute Gasteiger partial charge is 0.160 e. The lowest BCUT2D eigenvalue weighted by Crippen LogP contribution is -2.16. The van der Waals surface area contributed by atoms with Gasteiger partial charge in [0.05, 0.1) is 11.4 Å². The lowest BCUT2D eigenvalue weighted by Gasteiger charge is -2.25. The van der Waals surface area contributed by atoms with E-state index in [1.807, 2.05) is 6.07 Å². The van der Waals surface area contributed by atoms with Gasteiger partial charge in [-0.2, -0.15) is 0 Å². The predicted octanol–water partition coefficient (Wildman–Crippen LogP) is 14.1. The summed E-state index contributed by atoms with van der Waals surface area (Å²) in [7, 11) is 0. The Kier molecular flexibility index (Phi) is 6.98. The van der Waals surface area contributed by atoms with Crippen LogP contribution in [0.15, 0.2) is 170 Å². The standard InChI is InChI=1S/C54H40N2/c1-53(2)45-26-13-12-22-42(45)50-43(25-15-27-46(50)53)49-32-48(55-52(56-49)33-16-6-5-7-17-33)39-29-28-38(36-20-10-11-21-37(36)39)40-23-14-24-41-44-30-34-18-8-9-19-35(34)31-47(44)54(3,4)51(40)41/h5-32H,1-4H3. The number of hydrogen-bond acceptors (Lipinski definition) is 2. The third-order valence-corrected chi connectivity index (χ3v) is 12.7. The molecular formula is C54H40N2. The molecule has 2 aliphatic carbocycles. The highest BCUT2D eigenvalue weighted by atomic mass is 14.9. The van der Waals surface area contributed by atoms with Crippen LogP contribution in [0.4, 0.5) is 0 Å². The zero-order chi connectivity index (χ0) is 37.8. The monoisotopic (exact) mass is 716 g/mol. The summed E-state index contributed by atoms with van der Waals surface area (Å²) < 4.78 is 0. The van der Waals surface area contributed by atoms with Crippen molar-refractivity contribution in [1.29, 1.82) is 0 Å². The fraction of sp³-hybridized carbons (Fsp3) is 0.111. The molecule has 0 amide bonds. The van der Waals surface area contributed by atoms with E-state index in [0.717, 1.165) is 33.9 Å². The van der Waals surface area contributed by atoms with E-state index in [1.165, 1.54) is 77.2 Å². The quantitative estimate of drug-likeness (QED) is 0.181. The van der Waals surface area contributed by atoms with Gasteiger partial charge in [0.1, 0.15) is 0 Å². The summed E-state index contributed by atoms with van der Waals surface area (Å²) in [5.74, 6) is 0.724. The number of benzene rings is 8. The SMILES string of the molecule is CC1(C)c2ccccc2-c2c(-c3cc(-c4ccc(-c5cccc6c5C(C)(C)c5cc7ccccc7cc5-6)c5ccccc45)nc(-c4ccccc4)n3)cccc21. The van der Waals surface area contributed by atoms with Crippen LogP contribution in [0.25, 0.3) is 88.8 Å². The van der Waals surface area contributed by atoms with Gasteiger partial charge in [0.2, 0.25) is 0 Å². The van der Waals surface area contributed by atoms with Crippen molar-refractivity contribution in [2.24, 2.45) is 0 Å². The highest BCUT2D eigenvalue weighted by Crippen LogP contribution is 2.55. The molecule has 0 saturated heterocycles. The molecule has 0 N–H and O–H groups in total. The van der Waals surface area contributed by atoms with Gasteiger partial charge in [-0.05, 0) is 95.4 Å². The van der Waals surface area contributed by atoms with Gasteiger partial charge in [-0.25, -0.2) is 9.97 Å². The number of hydrogen-bond donors (Lipinski definition) is 0. The highest BCUT2D eigenvalue weighted by molar-refractivity contribution is 6.07. The van der Waals surface area contributed by atoms with Crippen molar-refractivity contribution in [3.8, 4) is 67.3 Å². The van der Waals surface area contributed by atoms with E-state index in [9.17, 15) is 0 Å². The lowest BCUT2D eigenvalue weighted by molar-refractivity contribution is 0.660. The van der Waals surface area contributed by atoms with Crippen molar-refractivity contribution >= 4 is 21.5 Å². The van der Waals surface area contributed by atoms with Crippen molar-refractivity contribution in [2.75, 3.05) is 0 Å². The minimum atomic E-state index is -0.166. The van der Waals surface area contributed by atoms with Crippen LogP contribution in [0.2, 0.25) is 0 Å². The Morgan fingerprint density at radius 2 is 0.911 bits per heavy atom. The van der Waals surface area contributed by atoms with Crippen LogP contribution in [0.5, 0.6) is 0 Å². The molecule has 0 aliphatic heterocycles. The Morgan fingerprint density at radius 3 is 1.70 bits per heavy atom. The summed E-state index contributed by atoms with van der Waals surface area (Å²) >= 11 is 0. The van der Waals surface area contributed by atoms with E-state index in [1.54, 1.807) is 0 Å². The second-order valence-corrected chi connectivity index (χ2v) is 16.5. The maximum Gasteiger partial charge on any atom is 0.160 e. The Bertz CT molecular complexity index is 3080. The molecule has 56 heavy (non-hydrogen) atoms. The third-order valence-electron chi connectivity index (χ3n) is 12.7. The Hall–Kier alpha value is -6.64. The van der Waals surface area contributed by atoms with Gasteiger partial charge in [-0.3, -0.25) is 0 Å². The largest absolute Gasteiger partial charge is 0.228 e. The van der Waals surface area contributed by atoms with E-state index in [-0.39, 0.29) is 10.8 Å². The highest BCUT2D eigenvalue weighted by Gasteiger charge is 2.39. The fourth-order valence-electron chi connectivity index (χ4n) is 9.95. The van der Waals surface area contributed by atoms with Crippen LogP contribution < -0.4 is 0 Å². The molecule has 0 fully saturated rings. The topological polar surface area (TPSA) is 25.8 Å². The van der Waals surface area contributed by atoms with E-state index < -0.39 is 0 Å². The Balaban J connectivity index is 1.12. The average Bonchev–Trinajstić information content (AvgIpc) is 3.62. The van der Waals surface area contributed by atoms with Gasteiger partial charge in [0, 0.05) is 27.5 Å².